The van der Waals surface area contributed by atoms with E-state index in [1.54, 1.807) is 16.8 Å². The number of aromatic nitrogens is 2. The molecule has 1 amide bonds. The number of carbonyl (C=O) groups is 1. The molecular weight excluding hydrogens is 316 g/mol. The number of likely N-dealkylation sites (tertiary alicyclic amines) is 1. The summed E-state index contributed by atoms with van der Waals surface area (Å²) in [6.45, 7) is 3.82. The van der Waals surface area contributed by atoms with Gasteiger partial charge in [0.2, 0.25) is 5.13 Å². The molecule has 7 nitrogen and oxygen atoms in total. The Hall–Kier alpha value is -1.25. The number of hydrogen-bond donors (Lipinski definition) is 1. The van der Waals surface area contributed by atoms with Gasteiger partial charge < -0.3 is 19.6 Å². The van der Waals surface area contributed by atoms with Gasteiger partial charge >= 0.3 is 0 Å². The minimum absolute atomic E-state index is 0.143. The van der Waals surface area contributed by atoms with Gasteiger partial charge in [0.15, 0.2) is 5.60 Å². The first kappa shape index (κ1) is 15.3. The van der Waals surface area contributed by atoms with Crippen molar-refractivity contribution in [3.63, 3.8) is 0 Å². The number of ether oxygens (including phenoxy) is 1. The van der Waals surface area contributed by atoms with Crippen LogP contribution in [0.2, 0.25) is 0 Å². The highest BCUT2D eigenvalue weighted by molar-refractivity contribution is 7.13. The van der Waals surface area contributed by atoms with Crippen LogP contribution in [0.3, 0.4) is 0 Å². The van der Waals surface area contributed by atoms with Gasteiger partial charge in [-0.05, 0) is 31.1 Å². The lowest BCUT2D eigenvalue weighted by molar-refractivity contribution is -0.201. The number of anilines is 1. The molecule has 3 aliphatic rings. The van der Waals surface area contributed by atoms with Crippen LogP contribution < -0.4 is 4.90 Å². The zero-order valence-electron chi connectivity index (χ0n) is 13.1. The first-order valence-electron chi connectivity index (χ1n) is 8.21. The van der Waals surface area contributed by atoms with Gasteiger partial charge in [-0.15, -0.1) is 10.2 Å². The van der Waals surface area contributed by atoms with Crippen LogP contribution in [0.25, 0.3) is 0 Å². The van der Waals surface area contributed by atoms with E-state index in [0.717, 1.165) is 57.0 Å². The Bertz CT molecular complexity index is 557. The molecule has 3 fully saturated rings. The zero-order valence-corrected chi connectivity index (χ0v) is 13.9. The van der Waals surface area contributed by atoms with Crippen LogP contribution in [-0.2, 0) is 9.53 Å². The van der Waals surface area contributed by atoms with Gasteiger partial charge in [-0.1, -0.05) is 11.3 Å². The van der Waals surface area contributed by atoms with Crippen molar-refractivity contribution in [2.45, 2.75) is 31.3 Å². The van der Waals surface area contributed by atoms with Gasteiger partial charge in [-0.3, -0.25) is 4.79 Å². The quantitative estimate of drug-likeness (QED) is 0.846. The summed E-state index contributed by atoms with van der Waals surface area (Å²) in [5.41, 5.74) is 0.862. The summed E-state index contributed by atoms with van der Waals surface area (Å²) in [6.07, 6.45) is 4.34. The predicted octanol–water partition coefficient (Wildman–Crippen LogP) is 0.508. The number of rotatable bonds is 2. The first-order chi connectivity index (χ1) is 11.1. The molecule has 8 heteroatoms. The van der Waals surface area contributed by atoms with Crippen molar-refractivity contribution in [2.75, 3.05) is 44.3 Å². The summed E-state index contributed by atoms with van der Waals surface area (Å²) < 4.78 is 4.99. The fourth-order valence-electron chi connectivity index (χ4n) is 3.87. The molecule has 3 saturated heterocycles. The van der Waals surface area contributed by atoms with E-state index in [1.807, 2.05) is 4.90 Å². The van der Waals surface area contributed by atoms with E-state index in [4.69, 9.17) is 4.74 Å². The van der Waals surface area contributed by atoms with E-state index >= 15 is 0 Å². The maximum absolute atomic E-state index is 12.4. The number of hydrogen-bond acceptors (Lipinski definition) is 7. The molecule has 1 spiro atoms. The highest BCUT2D eigenvalue weighted by Gasteiger charge is 2.48. The Kier molecular flexibility index (Phi) is 3.78. The average molecular weight is 338 g/mol. The Labute approximate surface area is 139 Å². The van der Waals surface area contributed by atoms with E-state index in [2.05, 4.69) is 15.1 Å². The van der Waals surface area contributed by atoms with Gasteiger partial charge in [-0.25, -0.2) is 0 Å². The molecule has 0 aromatic carbocycles. The molecule has 3 aliphatic heterocycles. The van der Waals surface area contributed by atoms with Crippen LogP contribution in [0, 0.1) is 5.41 Å². The van der Waals surface area contributed by atoms with E-state index in [1.165, 1.54) is 0 Å². The molecule has 1 aromatic rings. The summed E-state index contributed by atoms with van der Waals surface area (Å²) in [6, 6.07) is 0. The van der Waals surface area contributed by atoms with Gasteiger partial charge in [0.05, 0.1) is 13.2 Å². The second-order valence-electron chi connectivity index (χ2n) is 7.02. The fourth-order valence-corrected chi connectivity index (χ4v) is 4.49. The van der Waals surface area contributed by atoms with E-state index < -0.39 is 5.60 Å². The topological polar surface area (TPSA) is 78.8 Å². The SMILES string of the molecule is O=C(N1CCC2(CC1)CCN(c1nncs1)CC2)C1(O)COC1. The lowest BCUT2D eigenvalue weighted by Crippen LogP contribution is -2.62. The van der Waals surface area contributed by atoms with Crippen LogP contribution in [0.4, 0.5) is 5.13 Å². The largest absolute Gasteiger partial charge is 0.376 e. The highest BCUT2D eigenvalue weighted by Crippen LogP contribution is 2.42. The molecule has 0 saturated carbocycles. The summed E-state index contributed by atoms with van der Waals surface area (Å²) >= 11 is 1.59. The molecule has 0 bridgehead atoms. The third kappa shape index (κ3) is 2.72. The van der Waals surface area contributed by atoms with Gasteiger partial charge in [0.1, 0.15) is 5.51 Å². The summed E-state index contributed by atoms with van der Waals surface area (Å²) in [4.78, 5) is 16.5. The van der Waals surface area contributed by atoms with Crippen LogP contribution in [-0.4, -0.2) is 71.1 Å². The van der Waals surface area contributed by atoms with Crippen LogP contribution in [0.5, 0.6) is 0 Å². The summed E-state index contributed by atoms with van der Waals surface area (Å²) in [5.74, 6) is -0.148. The minimum atomic E-state index is -1.26. The van der Waals surface area contributed by atoms with Gasteiger partial charge in [-0.2, -0.15) is 0 Å². The third-order valence-corrected chi connectivity index (χ3v) is 6.38. The van der Waals surface area contributed by atoms with Crippen LogP contribution >= 0.6 is 11.3 Å². The Morgan fingerprint density at radius 3 is 2.35 bits per heavy atom. The molecule has 0 atom stereocenters. The normalized spacial score (nSPS) is 26.1. The van der Waals surface area contributed by atoms with Crippen molar-refractivity contribution < 1.29 is 14.6 Å². The molecule has 4 heterocycles. The maximum atomic E-state index is 12.4. The molecule has 0 aliphatic carbocycles. The van der Waals surface area contributed by atoms with E-state index in [-0.39, 0.29) is 19.1 Å². The van der Waals surface area contributed by atoms with Crippen molar-refractivity contribution in [2.24, 2.45) is 5.41 Å². The first-order valence-corrected chi connectivity index (χ1v) is 9.09. The van der Waals surface area contributed by atoms with Crippen LogP contribution in [0.15, 0.2) is 5.51 Å². The van der Waals surface area contributed by atoms with E-state index in [0.29, 0.717) is 5.41 Å². The number of aliphatic hydroxyl groups is 1. The van der Waals surface area contributed by atoms with Crippen LogP contribution in [0.1, 0.15) is 25.7 Å². The Morgan fingerprint density at radius 2 is 1.83 bits per heavy atom. The van der Waals surface area contributed by atoms with Crippen molar-refractivity contribution in [3.8, 4) is 0 Å². The molecule has 23 heavy (non-hydrogen) atoms. The number of nitrogens with zero attached hydrogens (tertiary/aromatic N) is 4. The third-order valence-electron chi connectivity index (χ3n) is 5.63. The molecule has 1 aromatic heterocycles. The number of carbonyl (C=O) groups excluding carboxylic acids is 1. The lowest BCUT2D eigenvalue weighted by Gasteiger charge is -2.48. The van der Waals surface area contributed by atoms with Crippen molar-refractivity contribution >= 4 is 22.4 Å². The maximum Gasteiger partial charge on any atom is 0.259 e. The van der Waals surface area contributed by atoms with Crippen molar-refractivity contribution in [1.82, 2.24) is 15.1 Å². The fraction of sp³-hybridized carbons (Fsp3) is 0.800. The van der Waals surface area contributed by atoms with Crippen molar-refractivity contribution in [1.29, 1.82) is 0 Å². The monoisotopic (exact) mass is 338 g/mol. The number of amides is 1. The van der Waals surface area contributed by atoms with Gasteiger partial charge in [0, 0.05) is 26.2 Å². The lowest BCUT2D eigenvalue weighted by atomic mass is 9.71. The predicted molar refractivity (Wildman–Crippen MR) is 85.4 cm³/mol. The molecular formula is C15H22N4O3S. The molecule has 4 rings (SSSR count). The molecule has 0 unspecified atom stereocenters. The van der Waals surface area contributed by atoms with E-state index in [9.17, 15) is 9.90 Å². The molecule has 1 N–H and O–H groups in total. The average Bonchev–Trinajstić information content (AvgIpc) is 3.08. The number of piperidine rings is 2. The second kappa shape index (κ2) is 5.68. The standard InChI is InChI=1S/C15H22N4O3S/c20-12(15(21)9-22-10-15)18-5-1-14(2-6-18)3-7-19(8-4-14)13-17-16-11-23-13/h11,21H,1-10H2. The smallest absolute Gasteiger partial charge is 0.259 e. The summed E-state index contributed by atoms with van der Waals surface area (Å²) in [7, 11) is 0. The Balaban J connectivity index is 1.32. The summed E-state index contributed by atoms with van der Waals surface area (Å²) in [5, 5.41) is 19.2. The molecule has 126 valence electrons. The van der Waals surface area contributed by atoms with Crippen molar-refractivity contribution in [3.05, 3.63) is 5.51 Å². The molecule has 0 radical (unpaired) electrons. The Morgan fingerprint density at radius 1 is 1.17 bits per heavy atom. The minimum Gasteiger partial charge on any atom is -0.376 e. The highest BCUT2D eigenvalue weighted by atomic mass is 32.1. The zero-order chi connectivity index (χ0) is 15.9. The second-order valence-corrected chi connectivity index (χ2v) is 7.84. The van der Waals surface area contributed by atoms with Gasteiger partial charge in [0.25, 0.3) is 5.91 Å².